The molecule has 0 spiro atoms. The van der Waals surface area contributed by atoms with Crippen LogP contribution in [0.15, 0.2) is 34.6 Å². The summed E-state index contributed by atoms with van der Waals surface area (Å²) in [5.74, 6) is 0.482. The molecule has 2 N–H and O–H groups in total. The van der Waals surface area contributed by atoms with Crippen molar-refractivity contribution in [2.45, 2.75) is 26.2 Å². The van der Waals surface area contributed by atoms with Gasteiger partial charge in [-0.3, -0.25) is 0 Å². The Balaban J connectivity index is 0.00000338. The van der Waals surface area contributed by atoms with Crippen molar-refractivity contribution in [2.75, 3.05) is 6.54 Å². The minimum absolute atomic E-state index is 0. The van der Waals surface area contributed by atoms with Crippen LogP contribution in [0, 0.1) is 11.3 Å². The van der Waals surface area contributed by atoms with Gasteiger partial charge in [0, 0.05) is 11.9 Å². The number of nitrogens with zero attached hydrogens (tertiary/aromatic N) is 3. The third-order valence-electron chi connectivity index (χ3n) is 3.10. The Hall–Kier alpha value is -1.87. The number of benzene rings is 1. The van der Waals surface area contributed by atoms with Gasteiger partial charge in [-0.15, -0.1) is 35.3 Å². The van der Waals surface area contributed by atoms with Gasteiger partial charge in [-0.2, -0.15) is 18.4 Å². The van der Waals surface area contributed by atoms with Crippen molar-refractivity contribution in [2.24, 2.45) is 4.99 Å². The SMILES string of the molecule is CCNC(=NCc1ccc(C#N)cc1)NCc1nc(C(F)(F)F)cs1.I. The van der Waals surface area contributed by atoms with Crippen LogP contribution in [0.5, 0.6) is 0 Å². The fourth-order valence-corrected chi connectivity index (χ4v) is 2.62. The number of halogens is 4. The van der Waals surface area contributed by atoms with Crippen molar-refractivity contribution in [1.82, 2.24) is 15.6 Å². The lowest BCUT2D eigenvalue weighted by Gasteiger charge is -2.10. The molecule has 0 aliphatic heterocycles. The van der Waals surface area contributed by atoms with Crippen molar-refractivity contribution in [3.63, 3.8) is 0 Å². The lowest BCUT2D eigenvalue weighted by atomic mass is 10.1. The zero-order valence-corrected chi connectivity index (χ0v) is 16.9. The number of nitrogens with one attached hydrogen (secondary N) is 2. The first-order valence-electron chi connectivity index (χ1n) is 7.45. The van der Waals surface area contributed by atoms with Crippen LogP contribution in [-0.4, -0.2) is 17.5 Å². The molecule has 2 aromatic rings. The number of aliphatic imine (C=N–C) groups is 1. The maximum absolute atomic E-state index is 12.6. The van der Waals surface area contributed by atoms with Gasteiger partial charge in [-0.1, -0.05) is 12.1 Å². The second-order valence-electron chi connectivity index (χ2n) is 4.98. The monoisotopic (exact) mass is 495 g/mol. The van der Waals surface area contributed by atoms with E-state index in [4.69, 9.17) is 5.26 Å². The summed E-state index contributed by atoms with van der Waals surface area (Å²) in [4.78, 5) is 7.94. The second-order valence-corrected chi connectivity index (χ2v) is 5.92. The molecule has 0 amide bonds. The Morgan fingerprint density at radius 2 is 1.96 bits per heavy atom. The summed E-state index contributed by atoms with van der Waals surface area (Å²) in [5.41, 5.74) is 0.612. The molecule has 0 bridgehead atoms. The van der Waals surface area contributed by atoms with Crippen molar-refractivity contribution in [3.05, 3.63) is 51.5 Å². The number of thiazole rings is 1. The maximum Gasteiger partial charge on any atom is 0.434 e. The van der Waals surface area contributed by atoms with Gasteiger partial charge in [0.2, 0.25) is 0 Å². The van der Waals surface area contributed by atoms with Gasteiger partial charge >= 0.3 is 6.18 Å². The lowest BCUT2D eigenvalue weighted by Crippen LogP contribution is -2.36. The summed E-state index contributed by atoms with van der Waals surface area (Å²) < 4.78 is 37.7. The summed E-state index contributed by atoms with van der Waals surface area (Å²) in [5, 5.41) is 16.1. The minimum Gasteiger partial charge on any atom is -0.357 e. The van der Waals surface area contributed by atoms with Gasteiger partial charge in [-0.25, -0.2) is 9.98 Å². The summed E-state index contributed by atoms with van der Waals surface area (Å²) in [6, 6.07) is 9.07. The van der Waals surface area contributed by atoms with Gasteiger partial charge in [-0.05, 0) is 24.6 Å². The molecule has 0 aliphatic carbocycles. The van der Waals surface area contributed by atoms with Crippen molar-refractivity contribution in [3.8, 4) is 6.07 Å². The van der Waals surface area contributed by atoms with Crippen LogP contribution < -0.4 is 10.6 Å². The first kappa shape index (κ1) is 22.2. The molecule has 1 heterocycles. The van der Waals surface area contributed by atoms with Gasteiger partial charge in [0.05, 0.1) is 24.7 Å². The highest BCUT2D eigenvalue weighted by Crippen LogP contribution is 2.29. The summed E-state index contributed by atoms with van der Waals surface area (Å²) in [6.07, 6.45) is -4.43. The number of alkyl halides is 3. The standard InChI is InChI=1S/C16H16F3N5S.HI/c1-2-21-15(22-8-12-5-3-11(7-20)4-6-12)23-9-14-24-13(10-25-14)16(17,18)19;/h3-6,10H,2,8-9H2,1H3,(H2,21,22,23);1H. The minimum atomic E-state index is -4.43. The maximum atomic E-state index is 12.6. The van der Waals surface area contributed by atoms with Crippen LogP contribution in [0.3, 0.4) is 0 Å². The molecule has 10 heteroatoms. The fourth-order valence-electron chi connectivity index (χ4n) is 1.88. The third-order valence-corrected chi connectivity index (χ3v) is 3.95. The smallest absolute Gasteiger partial charge is 0.357 e. The van der Waals surface area contributed by atoms with E-state index in [1.165, 1.54) is 0 Å². The first-order valence-corrected chi connectivity index (χ1v) is 8.33. The zero-order valence-electron chi connectivity index (χ0n) is 13.8. The molecule has 0 fully saturated rings. The molecule has 0 radical (unpaired) electrons. The van der Waals surface area contributed by atoms with Gasteiger partial charge in [0.1, 0.15) is 5.01 Å². The molecule has 1 aromatic heterocycles. The van der Waals surface area contributed by atoms with E-state index in [2.05, 4.69) is 20.6 Å². The fraction of sp³-hybridized carbons (Fsp3) is 0.312. The average molecular weight is 495 g/mol. The molecule has 5 nitrogen and oxygen atoms in total. The molecule has 140 valence electrons. The van der Waals surface area contributed by atoms with Crippen molar-refractivity contribution < 1.29 is 13.2 Å². The highest BCUT2D eigenvalue weighted by Gasteiger charge is 2.33. The number of hydrogen-bond acceptors (Lipinski definition) is 4. The van der Waals surface area contributed by atoms with E-state index in [-0.39, 0.29) is 30.5 Å². The molecular formula is C16H17F3IN5S. The predicted molar refractivity (Wildman–Crippen MR) is 105 cm³/mol. The van der Waals surface area contributed by atoms with Gasteiger partial charge < -0.3 is 10.6 Å². The predicted octanol–water partition coefficient (Wildman–Crippen LogP) is 3.91. The number of rotatable bonds is 5. The van der Waals surface area contributed by atoms with Crippen molar-refractivity contribution in [1.29, 1.82) is 5.26 Å². The number of aromatic nitrogens is 1. The van der Waals surface area contributed by atoms with Gasteiger partial charge in [0.15, 0.2) is 11.7 Å². The number of nitriles is 1. The Kier molecular flexibility index (Phi) is 8.80. The largest absolute Gasteiger partial charge is 0.434 e. The lowest BCUT2D eigenvalue weighted by molar-refractivity contribution is -0.140. The molecular weight excluding hydrogens is 478 g/mol. The quantitative estimate of drug-likeness (QED) is 0.375. The number of guanidine groups is 1. The van der Waals surface area contributed by atoms with Crippen LogP contribution in [0.2, 0.25) is 0 Å². The Bertz CT molecular complexity index is 765. The van der Waals surface area contributed by atoms with Crippen LogP contribution in [0.1, 0.15) is 28.8 Å². The first-order chi connectivity index (χ1) is 11.9. The van der Waals surface area contributed by atoms with Crippen LogP contribution >= 0.6 is 35.3 Å². The van der Waals surface area contributed by atoms with Crippen LogP contribution in [0.25, 0.3) is 0 Å². The second kappa shape index (κ2) is 10.3. The third kappa shape index (κ3) is 6.80. The molecule has 0 atom stereocenters. The highest BCUT2D eigenvalue weighted by molar-refractivity contribution is 14.0. The van der Waals surface area contributed by atoms with Crippen molar-refractivity contribution >= 4 is 41.3 Å². The molecule has 0 aliphatic rings. The molecule has 2 rings (SSSR count). The molecule has 26 heavy (non-hydrogen) atoms. The molecule has 1 aromatic carbocycles. The number of hydrogen-bond donors (Lipinski definition) is 2. The van der Waals surface area contributed by atoms with Gasteiger partial charge in [0.25, 0.3) is 0 Å². The van der Waals surface area contributed by atoms with E-state index >= 15 is 0 Å². The summed E-state index contributed by atoms with van der Waals surface area (Å²) >= 11 is 0.948. The summed E-state index contributed by atoms with van der Waals surface area (Å²) in [6.45, 7) is 3.04. The summed E-state index contributed by atoms with van der Waals surface area (Å²) in [7, 11) is 0. The van der Waals surface area contributed by atoms with E-state index in [1.807, 2.05) is 25.1 Å². The molecule has 0 saturated carbocycles. The molecule has 0 saturated heterocycles. The Labute approximate surface area is 170 Å². The normalized spacial score (nSPS) is 11.4. The van der Waals surface area contributed by atoms with E-state index in [0.29, 0.717) is 29.6 Å². The Morgan fingerprint density at radius 3 is 2.50 bits per heavy atom. The van der Waals surface area contributed by atoms with E-state index < -0.39 is 11.9 Å². The van der Waals surface area contributed by atoms with E-state index in [9.17, 15) is 13.2 Å². The van der Waals surface area contributed by atoms with Crippen LogP contribution in [-0.2, 0) is 19.3 Å². The van der Waals surface area contributed by atoms with E-state index in [1.54, 1.807) is 12.1 Å². The van der Waals surface area contributed by atoms with E-state index in [0.717, 1.165) is 22.3 Å². The zero-order chi connectivity index (χ0) is 18.3. The Morgan fingerprint density at radius 1 is 1.27 bits per heavy atom. The molecule has 0 unspecified atom stereocenters. The van der Waals surface area contributed by atoms with Crippen LogP contribution in [0.4, 0.5) is 13.2 Å². The highest BCUT2D eigenvalue weighted by atomic mass is 127. The topological polar surface area (TPSA) is 73.1 Å². The average Bonchev–Trinajstić information content (AvgIpc) is 3.07.